The largest absolute Gasteiger partial charge is 0.484 e. The molecule has 2 heterocycles. The Hall–Kier alpha value is -2.85. The summed E-state index contributed by atoms with van der Waals surface area (Å²) in [6.07, 6.45) is 3.43. The number of ether oxygens (including phenoxy) is 1. The van der Waals surface area contributed by atoms with E-state index in [0.29, 0.717) is 35.2 Å². The summed E-state index contributed by atoms with van der Waals surface area (Å²) >= 11 is 3.17. The molecule has 2 aromatic heterocycles. The van der Waals surface area contributed by atoms with Gasteiger partial charge in [0.2, 0.25) is 5.91 Å². The lowest BCUT2D eigenvalue weighted by molar-refractivity contribution is -0.120. The van der Waals surface area contributed by atoms with E-state index in [-0.39, 0.29) is 18.1 Å². The van der Waals surface area contributed by atoms with Gasteiger partial charge in [-0.1, -0.05) is 6.07 Å². The van der Waals surface area contributed by atoms with Crippen LogP contribution >= 0.6 is 23.1 Å². The number of nitrogens with two attached hydrogens (primary N) is 1. The number of thiophene rings is 1. The number of hydrogen-bond acceptors (Lipinski definition) is 7. The zero-order chi connectivity index (χ0) is 21.8. The zero-order valence-corrected chi connectivity index (χ0v) is 18.4. The van der Waals surface area contributed by atoms with E-state index in [9.17, 15) is 14.4 Å². The topological polar surface area (TPSA) is 127 Å². The fourth-order valence-electron chi connectivity index (χ4n) is 3.49. The number of amides is 2. The molecule has 4 rings (SSSR count). The summed E-state index contributed by atoms with van der Waals surface area (Å²) in [7, 11) is 0. The summed E-state index contributed by atoms with van der Waals surface area (Å²) in [5.74, 6) is 1.53. The van der Waals surface area contributed by atoms with Crippen molar-refractivity contribution in [2.24, 2.45) is 5.73 Å². The van der Waals surface area contributed by atoms with Gasteiger partial charge in [0, 0.05) is 28.8 Å². The lowest BCUT2D eigenvalue weighted by Crippen LogP contribution is -2.20. The third-order valence-corrected chi connectivity index (χ3v) is 6.99. The molecule has 31 heavy (non-hydrogen) atoms. The molecular formula is C21H22N4O4S2. The second-order valence-corrected chi connectivity index (χ2v) is 9.37. The maximum atomic E-state index is 12.5. The predicted octanol–water partition coefficient (Wildman–Crippen LogP) is 2.60. The average molecular weight is 459 g/mol. The first kappa shape index (κ1) is 21.4. The first-order valence-corrected chi connectivity index (χ1v) is 11.9. The van der Waals surface area contributed by atoms with E-state index < -0.39 is 5.91 Å². The summed E-state index contributed by atoms with van der Waals surface area (Å²) in [6.45, 7) is -0.218. The molecule has 1 aromatic carbocycles. The molecule has 0 saturated carbocycles. The van der Waals surface area contributed by atoms with Crippen molar-refractivity contribution >= 4 is 50.8 Å². The third kappa shape index (κ3) is 5.26. The fraction of sp³-hybridized carbons (Fsp3) is 0.333. The van der Waals surface area contributed by atoms with Crippen molar-refractivity contribution in [2.45, 2.75) is 31.4 Å². The number of fused-ring (bicyclic) bond motifs is 3. The number of aromatic nitrogens is 2. The minimum Gasteiger partial charge on any atom is -0.484 e. The van der Waals surface area contributed by atoms with Crippen molar-refractivity contribution in [1.29, 1.82) is 0 Å². The predicted molar refractivity (Wildman–Crippen MR) is 123 cm³/mol. The Labute approximate surface area is 186 Å². The first-order valence-electron chi connectivity index (χ1n) is 9.92. The number of H-pyrrole nitrogens is 1. The van der Waals surface area contributed by atoms with Crippen LogP contribution in [-0.2, 0) is 28.2 Å². The van der Waals surface area contributed by atoms with Crippen molar-refractivity contribution < 1.29 is 14.3 Å². The molecule has 0 saturated heterocycles. The highest BCUT2D eigenvalue weighted by atomic mass is 32.2. The molecule has 0 aliphatic heterocycles. The van der Waals surface area contributed by atoms with Crippen LogP contribution in [-0.4, -0.2) is 34.1 Å². The molecule has 0 unspecified atom stereocenters. The monoisotopic (exact) mass is 458 g/mol. The lowest BCUT2D eigenvalue weighted by atomic mass is 10.2. The molecule has 1 aliphatic rings. The molecule has 1 aliphatic carbocycles. The molecule has 0 bridgehead atoms. The van der Waals surface area contributed by atoms with Crippen LogP contribution < -0.4 is 21.3 Å². The highest BCUT2D eigenvalue weighted by molar-refractivity contribution is 7.98. The summed E-state index contributed by atoms with van der Waals surface area (Å²) < 4.78 is 5.23. The summed E-state index contributed by atoms with van der Waals surface area (Å²) in [4.78, 5) is 45.1. The van der Waals surface area contributed by atoms with Crippen LogP contribution in [0.2, 0.25) is 0 Å². The van der Waals surface area contributed by atoms with Gasteiger partial charge in [-0.05, 0) is 37.0 Å². The number of nitrogens with zero attached hydrogens (tertiary/aromatic N) is 1. The van der Waals surface area contributed by atoms with Crippen molar-refractivity contribution in [3.8, 4) is 5.75 Å². The smallest absolute Gasteiger partial charge is 0.259 e. The molecule has 4 N–H and O–H groups in total. The van der Waals surface area contributed by atoms with Gasteiger partial charge in [-0.25, -0.2) is 4.98 Å². The van der Waals surface area contributed by atoms with Gasteiger partial charge in [0.25, 0.3) is 11.5 Å². The number of anilines is 1. The average Bonchev–Trinajstić information content (AvgIpc) is 3.31. The van der Waals surface area contributed by atoms with E-state index in [4.69, 9.17) is 10.5 Å². The summed E-state index contributed by atoms with van der Waals surface area (Å²) in [5.41, 5.74) is 6.76. The number of thioether (sulfide) groups is 1. The van der Waals surface area contributed by atoms with Gasteiger partial charge < -0.3 is 20.8 Å². The molecule has 2 amide bonds. The van der Waals surface area contributed by atoms with E-state index in [0.717, 1.165) is 29.5 Å². The normalized spacial score (nSPS) is 12.6. The highest BCUT2D eigenvalue weighted by Gasteiger charge is 2.21. The Morgan fingerprint density at radius 1 is 1.32 bits per heavy atom. The number of carbonyl (C=O) groups is 2. The zero-order valence-electron chi connectivity index (χ0n) is 16.7. The number of benzene rings is 1. The van der Waals surface area contributed by atoms with E-state index in [1.54, 1.807) is 47.4 Å². The minimum absolute atomic E-state index is 0.0591. The van der Waals surface area contributed by atoms with Crippen LogP contribution in [0.25, 0.3) is 10.2 Å². The van der Waals surface area contributed by atoms with Crippen molar-refractivity contribution in [2.75, 3.05) is 17.7 Å². The molecule has 8 nitrogen and oxygen atoms in total. The number of nitrogens with one attached hydrogen (secondary N) is 2. The number of aryl methyl sites for hydroxylation is 2. The SMILES string of the molecule is NC(=O)COc1cccc(NC(=O)CCSCc2nc3sc4c(c3c(=O)[nH]2)CCC4)c1. The second-order valence-electron chi connectivity index (χ2n) is 7.18. The summed E-state index contributed by atoms with van der Waals surface area (Å²) in [5, 5.41) is 3.56. The van der Waals surface area contributed by atoms with Crippen molar-refractivity contribution in [3.63, 3.8) is 0 Å². The van der Waals surface area contributed by atoms with Crippen LogP contribution in [0.5, 0.6) is 5.75 Å². The standard InChI is InChI=1S/C21H22N4O4S2/c22-16(26)10-29-13-4-1-3-12(9-13)23-18(27)7-8-30-11-17-24-20(28)19-14-5-2-6-15(14)31-21(19)25-17/h1,3-4,9H,2,5-8,10-11H2,(H2,22,26)(H,23,27)(H,24,25,28). The van der Waals surface area contributed by atoms with Gasteiger partial charge in [-0.15, -0.1) is 11.3 Å². The molecule has 0 spiro atoms. The Bertz CT molecular complexity index is 1190. The van der Waals surface area contributed by atoms with Gasteiger partial charge >= 0.3 is 0 Å². The van der Waals surface area contributed by atoms with E-state index in [1.807, 2.05) is 0 Å². The minimum atomic E-state index is -0.565. The van der Waals surface area contributed by atoms with E-state index >= 15 is 0 Å². The molecular weight excluding hydrogens is 436 g/mol. The summed E-state index contributed by atoms with van der Waals surface area (Å²) in [6, 6.07) is 6.78. The number of carbonyl (C=O) groups excluding carboxylic acids is 2. The third-order valence-electron chi connectivity index (χ3n) is 4.84. The van der Waals surface area contributed by atoms with Crippen LogP contribution in [0.1, 0.15) is 29.1 Å². The van der Waals surface area contributed by atoms with Crippen LogP contribution in [0.15, 0.2) is 29.1 Å². The van der Waals surface area contributed by atoms with Gasteiger partial charge in [-0.2, -0.15) is 11.8 Å². The second kappa shape index (κ2) is 9.52. The number of aromatic amines is 1. The van der Waals surface area contributed by atoms with E-state index in [1.165, 1.54) is 10.4 Å². The van der Waals surface area contributed by atoms with Crippen LogP contribution in [0, 0.1) is 0 Å². The first-order chi connectivity index (χ1) is 15.0. The molecule has 10 heteroatoms. The van der Waals surface area contributed by atoms with E-state index in [2.05, 4.69) is 15.3 Å². The maximum Gasteiger partial charge on any atom is 0.259 e. The van der Waals surface area contributed by atoms with Gasteiger partial charge in [0.1, 0.15) is 16.4 Å². The number of hydrogen-bond donors (Lipinski definition) is 3. The van der Waals surface area contributed by atoms with Gasteiger partial charge in [-0.3, -0.25) is 14.4 Å². The quantitative estimate of drug-likeness (QED) is 0.423. The molecule has 162 valence electrons. The van der Waals surface area contributed by atoms with Crippen LogP contribution in [0.4, 0.5) is 5.69 Å². The molecule has 3 aromatic rings. The maximum absolute atomic E-state index is 12.5. The Morgan fingerprint density at radius 2 is 2.19 bits per heavy atom. The van der Waals surface area contributed by atoms with Crippen LogP contribution in [0.3, 0.4) is 0 Å². The number of primary amides is 1. The van der Waals surface area contributed by atoms with Gasteiger partial charge in [0.05, 0.1) is 11.1 Å². The fourth-order valence-corrected chi connectivity index (χ4v) is 5.58. The van der Waals surface area contributed by atoms with Crippen molar-refractivity contribution in [1.82, 2.24) is 9.97 Å². The molecule has 0 radical (unpaired) electrons. The lowest BCUT2D eigenvalue weighted by Gasteiger charge is -2.08. The Balaban J connectivity index is 1.26. The number of rotatable bonds is 9. The Morgan fingerprint density at radius 3 is 3.03 bits per heavy atom. The highest BCUT2D eigenvalue weighted by Crippen LogP contribution is 2.34. The molecule has 0 fully saturated rings. The molecule has 0 atom stereocenters. The van der Waals surface area contributed by atoms with Gasteiger partial charge in [0.15, 0.2) is 6.61 Å². The van der Waals surface area contributed by atoms with Crippen molar-refractivity contribution in [3.05, 3.63) is 50.9 Å². The Kier molecular flexibility index (Phi) is 6.57.